The van der Waals surface area contributed by atoms with E-state index in [0.29, 0.717) is 15.9 Å². The van der Waals surface area contributed by atoms with Gasteiger partial charge in [0.05, 0.1) is 5.69 Å². The van der Waals surface area contributed by atoms with E-state index >= 15 is 0 Å². The average molecular weight is 323 g/mol. The molecule has 21 heavy (non-hydrogen) atoms. The van der Waals surface area contributed by atoms with Crippen LogP contribution in [0.1, 0.15) is 35.4 Å². The Morgan fingerprint density at radius 3 is 2.81 bits per heavy atom. The molecule has 0 saturated heterocycles. The number of urea groups is 1. The number of hydrogen-bond donors (Lipinski definition) is 3. The molecule has 3 N–H and O–H groups in total. The number of amides is 2. The fourth-order valence-electron chi connectivity index (χ4n) is 1.88. The van der Waals surface area contributed by atoms with Gasteiger partial charge in [0.25, 0.3) is 0 Å². The van der Waals surface area contributed by atoms with Crippen molar-refractivity contribution in [2.75, 3.05) is 5.32 Å². The zero-order valence-corrected chi connectivity index (χ0v) is 12.5. The van der Waals surface area contributed by atoms with Crippen LogP contribution in [0.4, 0.5) is 9.93 Å². The Morgan fingerprint density at radius 1 is 1.38 bits per heavy atom. The smallest absolute Gasteiger partial charge is 0.331 e. The zero-order chi connectivity index (χ0) is 14.8. The monoisotopic (exact) mass is 323 g/mol. The normalized spacial score (nSPS) is 15.4. The third-order valence-corrected chi connectivity index (χ3v) is 4.80. The Morgan fingerprint density at radius 2 is 2.19 bits per heavy atom. The number of nitrogens with zero attached hydrogens (tertiary/aromatic N) is 1. The molecule has 3 rings (SSSR count). The van der Waals surface area contributed by atoms with E-state index in [-0.39, 0.29) is 0 Å². The number of thiophene rings is 1. The maximum Gasteiger partial charge on any atom is 0.331 e. The minimum Gasteiger partial charge on any atom is -0.479 e. The highest BCUT2D eigenvalue weighted by atomic mass is 32.1. The van der Waals surface area contributed by atoms with Crippen LogP contribution in [0.15, 0.2) is 22.9 Å². The highest BCUT2D eigenvalue weighted by molar-refractivity contribution is 7.14. The molecule has 1 aliphatic carbocycles. The number of aromatic nitrogens is 1. The highest BCUT2D eigenvalue weighted by Crippen LogP contribution is 2.40. The minimum absolute atomic E-state index is 0.490. The molecule has 2 aromatic rings. The lowest BCUT2D eigenvalue weighted by Crippen LogP contribution is -2.36. The Labute approximate surface area is 128 Å². The molecule has 1 aliphatic rings. The van der Waals surface area contributed by atoms with Crippen LogP contribution >= 0.6 is 22.7 Å². The second-order valence-electron chi connectivity index (χ2n) is 4.74. The molecule has 6 nitrogen and oxygen atoms in total. The molecule has 8 heteroatoms. The van der Waals surface area contributed by atoms with Crippen molar-refractivity contribution in [1.29, 1.82) is 0 Å². The summed E-state index contributed by atoms with van der Waals surface area (Å²) >= 11 is 2.64. The fourth-order valence-corrected chi connectivity index (χ4v) is 3.44. The maximum atomic E-state index is 11.9. The van der Waals surface area contributed by atoms with E-state index < -0.39 is 18.0 Å². The van der Waals surface area contributed by atoms with E-state index in [0.717, 1.165) is 18.5 Å². The van der Waals surface area contributed by atoms with E-state index in [4.69, 9.17) is 0 Å². The van der Waals surface area contributed by atoms with Gasteiger partial charge >= 0.3 is 12.0 Å². The van der Waals surface area contributed by atoms with Crippen LogP contribution in [0, 0.1) is 0 Å². The van der Waals surface area contributed by atoms with Crippen molar-refractivity contribution >= 4 is 39.8 Å². The quantitative estimate of drug-likeness (QED) is 0.788. The van der Waals surface area contributed by atoms with Crippen LogP contribution in [0.25, 0.3) is 0 Å². The summed E-state index contributed by atoms with van der Waals surface area (Å²) in [5, 5.41) is 18.4. The van der Waals surface area contributed by atoms with Gasteiger partial charge in [0.1, 0.15) is 0 Å². The molecule has 0 bridgehead atoms. The summed E-state index contributed by atoms with van der Waals surface area (Å²) in [6.07, 6.45) is 2.30. The van der Waals surface area contributed by atoms with Crippen molar-refractivity contribution in [3.05, 3.63) is 33.5 Å². The fraction of sp³-hybridized carbons (Fsp3) is 0.308. The van der Waals surface area contributed by atoms with Crippen LogP contribution in [0.2, 0.25) is 0 Å². The van der Waals surface area contributed by atoms with Crippen molar-refractivity contribution < 1.29 is 14.7 Å². The summed E-state index contributed by atoms with van der Waals surface area (Å²) in [6, 6.07) is 1.82. The van der Waals surface area contributed by atoms with Crippen molar-refractivity contribution in [3.63, 3.8) is 0 Å². The number of thiazole rings is 1. The van der Waals surface area contributed by atoms with Gasteiger partial charge in [-0.05, 0) is 24.3 Å². The van der Waals surface area contributed by atoms with Crippen molar-refractivity contribution in [3.8, 4) is 0 Å². The molecule has 1 atom stereocenters. The van der Waals surface area contributed by atoms with Gasteiger partial charge in [0.15, 0.2) is 11.2 Å². The summed E-state index contributed by atoms with van der Waals surface area (Å²) in [5.41, 5.74) is 1.00. The summed E-state index contributed by atoms with van der Waals surface area (Å²) < 4.78 is 0. The first-order chi connectivity index (χ1) is 10.1. The van der Waals surface area contributed by atoms with E-state index in [1.165, 1.54) is 22.7 Å². The largest absolute Gasteiger partial charge is 0.479 e. The number of carbonyl (C=O) groups excluding carboxylic acids is 1. The molecule has 1 saturated carbocycles. The van der Waals surface area contributed by atoms with Crippen molar-refractivity contribution in [2.24, 2.45) is 0 Å². The van der Waals surface area contributed by atoms with Gasteiger partial charge in [-0.25, -0.2) is 14.6 Å². The molecule has 1 fully saturated rings. The maximum absolute atomic E-state index is 11.9. The topological polar surface area (TPSA) is 91.3 Å². The molecular weight excluding hydrogens is 310 g/mol. The second kappa shape index (κ2) is 5.82. The lowest BCUT2D eigenvalue weighted by Gasteiger charge is -2.12. The van der Waals surface area contributed by atoms with Gasteiger partial charge in [-0.2, -0.15) is 0 Å². The number of rotatable bonds is 5. The van der Waals surface area contributed by atoms with Crippen LogP contribution < -0.4 is 10.6 Å². The molecule has 2 amide bonds. The lowest BCUT2D eigenvalue weighted by atomic mass is 10.2. The average Bonchev–Trinajstić information content (AvgIpc) is 2.97. The number of hydrogen-bond acceptors (Lipinski definition) is 5. The summed E-state index contributed by atoms with van der Waals surface area (Å²) in [5.74, 6) is -0.567. The number of nitrogens with one attached hydrogen (secondary N) is 2. The van der Waals surface area contributed by atoms with Gasteiger partial charge in [-0.1, -0.05) is 6.07 Å². The van der Waals surface area contributed by atoms with Crippen LogP contribution in [0.5, 0.6) is 0 Å². The van der Waals surface area contributed by atoms with Crippen molar-refractivity contribution in [2.45, 2.75) is 24.8 Å². The highest BCUT2D eigenvalue weighted by Gasteiger charge is 2.27. The van der Waals surface area contributed by atoms with E-state index in [2.05, 4.69) is 15.6 Å². The Bertz CT molecular complexity index is 649. The predicted octanol–water partition coefficient (Wildman–Crippen LogP) is 3.03. The molecule has 110 valence electrons. The number of aliphatic carboxylic acids is 1. The zero-order valence-electron chi connectivity index (χ0n) is 10.9. The first-order valence-corrected chi connectivity index (χ1v) is 8.18. The number of carboxylic acid groups (broad SMARTS) is 1. The van der Waals surface area contributed by atoms with Crippen molar-refractivity contribution in [1.82, 2.24) is 10.3 Å². The molecule has 2 heterocycles. The molecular formula is C13H13N3O3S2. The SMILES string of the molecule is O=C(Nc1nc(C2CC2)cs1)NC(C(=O)O)c1cccs1. The summed E-state index contributed by atoms with van der Waals surface area (Å²) in [4.78, 5) is 28.0. The first kappa shape index (κ1) is 14.0. The minimum atomic E-state index is -1.09. The molecule has 0 aliphatic heterocycles. The summed E-state index contributed by atoms with van der Waals surface area (Å²) in [6.45, 7) is 0. The number of carboxylic acids is 1. The third-order valence-electron chi connectivity index (χ3n) is 3.09. The molecule has 0 radical (unpaired) electrons. The van der Waals surface area contributed by atoms with Gasteiger partial charge in [0, 0.05) is 16.2 Å². The standard InChI is InChI=1S/C13H13N3O3S2/c17-11(18)10(9-2-1-5-20-9)15-12(19)16-13-14-8(6-21-13)7-3-4-7/h1-2,5-7,10H,3-4H2,(H,17,18)(H2,14,15,16,19). The molecule has 1 unspecified atom stereocenters. The summed E-state index contributed by atoms with van der Waals surface area (Å²) in [7, 11) is 0. The van der Waals surface area contributed by atoms with Gasteiger partial charge in [0.2, 0.25) is 0 Å². The van der Waals surface area contributed by atoms with Crippen LogP contribution in [0.3, 0.4) is 0 Å². The van der Waals surface area contributed by atoms with Crippen LogP contribution in [-0.2, 0) is 4.79 Å². The third kappa shape index (κ3) is 3.40. The molecule has 2 aromatic heterocycles. The Balaban J connectivity index is 1.62. The Kier molecular flexibility index (Phi) is 3.89. The van der Waals surface area contributed by atoms with Gasteiger partial charge in [-0.3, -0.25) is 5.32 Å². The molecule has 0 aromatic carbocycles. The predicted molar refractivity (Wildman–Crippen MR) is 80.9 cm³/mol. The lowest BCUT2D eigenvalue weighted by molar-refractivity contribution is -0.139. The number of carbonyl (C=O) groups is 2. The van der Waals surface area contributed by atoms with E-state index in [1.807, 2.05) is 5.38 Å². The second-order valence-corrected chi connectivity index (χ2v) is 6.57. The first-order valence-electron chi connectivity index (χ1n) is 6.42. The molecule has 0 spiro atoms. The van der Waals surface area contributed by atoms with Gasteiger partial charge < -0.3 is 10.4 Å². The Hall–Kier alpha value is -1.93. The van der Waals surface area contributed by atoms with Gasteiger partial charge in [-0.15, -0.1) is 22.7 Å². The number of anilines is 1. The van der Waals surface area contributed by atoms with E-state index in [9.17, 15) is 14.7 Å². The van der Waals surface area contributed by atoms with Crippen LogP contribution in [-0.4, -0.2) is 22.1 Å². The van der Waals surface area contributed by atoms with E-state index in [1.54, 1.807) is 17.5 Å².